The van der Waals surface area contributed by atoms with Gasteiger partial charge < -0.3 is 0 Å². The molecule has 7 heteroatoms. The van der Waals surface area contributed by atoms with Crippen LogP contribution in [0.5, 0.6) is 0 Å². The van der Waals surface area contributed by atoms with E-state index in [0.29, 0.717) is 11.3 Å². The smallest absolute Gasteiger partial charge is 0.225 e. The molecule has 0 saturated heterocycles. The lowest BCUT2D eigenvalue weighted by molar-refractivity contribution is 0.840. The molecule has 1 aromatic carbocycles. The zero-order valence-corrected chi connectivity index (χ0v) is 8.94. The minimum absolute atomic E-state index is 0.615. The number of hydrogen-bond donors (Lipinski definition) is 0. The molecule has 0 aliphatic carbocycles. The third-order valence-corrected chi connectivity index (χ3v) is 2.85. The summed E-state index contributed by atoms with van der Waals surface area (Å²) in [5, 5.41) is 19.9. The zero-order chi connectivity index (χ0) is 11.4. The second-order valence-corrected chi connectivity index (χ2v) is 3.81. The van der Waals surface area contributed by atoms with E-state index >= 15 is 0 Å². The fourth-order valence-corrected chi connectivity index (χ4v) is 2.12. The van der Waals surface area contributed by atoms with Crippen LogP contribution in [-0.2, 0) is 0 Å². The molecule has 0 atom stereocenters. The van der Waals surface area contributed by atoms with Crippen LogP contribution in [0.15, 0.2) is 24.3 Å². The summed E-state index contributed by atoms with van der Waals surface area (Å²) in [6, 6.07) is 7.89. The van der Waals surface area contributed by atoms with Gasteiger partial charge in [0.15, 0.2) is 0 Å². The normalized spacial score (nSPS) is 11.8. The van der Waals surface area contributed by atoms with Crippen molar-refractivity contribution in [1.82, 2.24) is 34.6 Å². The van der Waals surface area contributed by atoms with Gasteiger partial charge in [-0.05, 0) is 29.5 Å². The Bertz CT molecular complexity index is 857. The maximum Gasteiger partial charge on any atom is 0.225 e. The second kappa shape index (κ2) is 2.76. The first-order chi connectivity index (χ1) is 8.36. The highest BCUT2D eigenvalue weighted by molar-refractivity contribution is 5.84. The fourth-order valence-electron chi connectivity index (χ4n) is 2.12. The lowest BCUT2D eigenvalue weighted by Gasteiger charge is -2.03. The van der Waals surface area contributed by atoms with Gasteiger partial charge in [0.2, 0.25) is 11.3 Å². The lowest BCUT2D eigenvalue weighted by atomic mass is 10.3. The molecule has 3 aromatic heterocycles. The fraction of sp³-hybridized carbons (Fsp3) is 0.100. The molecule has 0 N–H and O–H groups in total. The van der Waals surface area contributed by atoms with Gasteiger partial charge in [0.25, 0.3) is 0 Å². The van der Waals surface area contributed by atoms with Crippen LogP contribution in [-0.4, -0.2) is 34.6 Å². The van der Waals surface area contributed by atoms with E-state index in [1.165, 1.54) is 0 Å². The average molecular weight is 225 g/mol. The number of tetrazole rings is 1. The molecule has 0 aliphatic heterocycles. The van der Waals surface area contributed by atoms with Crippen molar-refractivity contribution in [2.75, 3.05) is 0 Å². The third-order valence-electron chi connectivity index (χ3n) is 2.85. The van der Waals surface area contributed by atoms with Crippen molar-refractivity contribution in [2.24, 2.45) is 0 Å². The number of fused-ring (bicyclic) bond motifs is 6. The molecular formula is C10H7N7. The van der Waals surface area contributed by atoms with Gasteiger partial charge in [0.05, 0.1) is 11.0 Å². The second-order valence-electron chi connectivity index (χ2n) is 3.81. The van der Waals surface area contributed by atoms with Gasteiger partial charge in [0, 0.05) is 0 Å². The number of benzene rings is 1. The lowest BCUT2D eigenvalue weighted by Crippen LogP contribution is -1.99. The topological polar surface area (TPSA) is 73.3 Å². The predicted octanol–water partition coefficient (Wildman–Crippen LogP) is 0.629. The summed E-state index contributed by atoms with van der Waals surface area (Å²) in [7, 11) is 0. The first-order valence-electron chi connectivity index (χ1n) is 5.17. The molecule has 0 aliphatic rings. The van der Waals surface area contributed by atoms with E-state index in [-0.39, 0.29) is 0 Å². The summed E-state index contributed by atoms with van der Waals surface area (Å²) in [6.07, 6.45) is 0. The molecule has 0 radical (unpaired) electrons. The minimum atomic E-state index is 0.615. The Balaban J connectivity index is 2.50. The summed E-state index contributed by atoms with van der Waals surface area (Å²) < 4.78 is 3.64. The van der Waals surface area contributed by atoms with Crippen molar-refractivity contribution >= 4 is 22.3 Å². The molecule has 0 fully saturated rings. The molecule has 17 heavy (non-hydrogen) atoms. The first kappa shape index (κ1) is 8.57. The SMILES string of the molecule is Cc1nnc2c3nnnn3c3ccccc3n12. The predicted molar refractivity (Wildman–Crippen MR) is 59.6 cm³/mol. The Kier molecular flexibility index (Phi) is 1.39. The van der Waals surface area contributed by atoms with Crippen LogP contribution in [0.4, 0.5) is 0 Å². The van der Waals surface area contributed by atoms with Crippen molar-refractivity contribution in [3.63, 3.8) is 0 Å². The number of aromatic nitrogens is 7. The Hall–Kier alpha value is -2.57. The van der Waals surface area contributed by atoms with E-state index in [4.69, 9.17) is 0 Å². The van der Waals surface area contributed by atoms with E-state index < -0.39 is 0 Å². The molecule has 3 heterocycles. The van der Waals surface area contributed by atoms with Crippen molar-refractivity contribution in [3.8, 4) is 0 Å². The van der Waals surface area contributed by atoms with E-state index in [1.807, 2.05) is 35.6 Å². The Morgan fingerprint density at radius 3 is 2.65 bits per heavy atom. The van der Waals surface area contributed by atoms with Crippen LogP contribution in [0.25, 0.3) is 22.3 Å². The van der Waals surface area contributed by atoms with Crippen LogP contribution in [0.2, 0.25) is 0 Å². The highest BCUT2D eigenvalue weighted by atomic mass is 15.5. The highest BCUT2D eigenvalue weighted by Crippen LogP contribution is 2.19. The first-order valence-corrected chi connectivity index (χ1v) is 5.17. The molecule has 82 valence electrons. The highest BCUT2D eigenvalue weighted by Gasteiger charge is 2.13. The Morgan fingerprint density at radius 2 is 1.76 bits per heavy atom. The van der Waals surface area contributed by atoms with Crippen LogP contribution < -0.4 is 0 Å². The van der Waals surface area contributed by atoms with Crippen molar-refractivity contribution in [3.05, 3.63) is 30.1 Å². The summed E-state index contributed by atoms with van der Waals surface area (Å²) >= 11 is 0. The number of aryl methyl sites for hydroxylation is 1. The van der Waals surface area contributed by atoms with Crippen molar-refractivity contribution < 1.29 is 0 Å². The van der Waals surface area contributed by atoms with Gasteiger partial charge >= 0.3 is 0 Å². The molecule has 4 rings (SSSR count). The molecule has 4 aromatic rings. The maximum absolute atomic E-state index is 4.12. The summed E-state index contributed by atoms with van der Waals surface area (Å²) in [6.45, 7) is 1.91. The third kappa shape index (κ3) is 0.930. The van der Waals surface area contributed by atoms with Gasteiger partial charge in [-0.15, -0.1) is 15.3 Å². The van der Waals surface area contributed by atoms with Gasteiger partial charge in [0.1, 0.15) is 5.82 Å². The largest absolute Gasteiger partial charge is 0.274 e. The van der Waals surface area contributed by atoms with Crippen LogP contribution in [0.3, 0.4) is 0 Å². The summed E-state index contributed by atoms with van der Waals surface area (Å²) in [5.41, 5.74) is 3.21. The van der Waals surface area contributed by atoms with Gasteiger partial charge in [-0.25, -0.2) is 0 Å². The summed E-state index contributed by atoms with van der Waals surface area (Å²) in [5.74, 6) is 0.821. The molecule has 0 bridgehead atoms. The molecule has 7 nitrogen and oxygen atoms in total. The molecule has 0 spiro atoms. The van der Waals surface area contributed by atoms with Gasteiger partial charge in [-0.2, -0.15) is 4.52 Å². The van der Waals surface area contributed by atoms with Crippen LogP contribution in [0.1, 0.15) is 5.82 Å². The van der Waals surface area contributed by atoms with Gasteiger partial charge in [-0.1, -0.05) is 12.1 Å². The summed E-state index contributed by atoms with van der Waals surface area (Å²) in [4.78, 5) is 0. The van der Waals surface area contributed by atoms with Gasteiger partial charge in [-0.3, -0.25) is 4.40 Å². The number of nitrogens with zero attached hydrogens (tertiary/aromatic N) is 7. The van der Waals surface area contributed by atoms with E-state index in [2.05, 4.69) is 25.7 Å². The number of para-hydroxylation sites is 2. The average Bonchev–Trinajstić information content (AvgIpc) is 2.96. The maximum atomic E-state index is 4.12. The Labute approximate surface area is 94.7 Å². The Morgan fingerprint density at radius 1 is 0.941 bits per heavy atom. The minimum Gasteiger partial charge on any atom is -0.274 e. The van der Waals surface area contributed by atoms with Crippen LogP contribution >= 0.6 is 0 Å². The molecule has 0 unspecified atom stereocenters. The van der Waals surface area contributed by atoms with E-state index in [1.54, 1.807) is 4.52 Å². The van der Waals surface area contributed by atoms with Crippen molar-refractivity contribution in [1.29, 1.82) is 0 Å². The monoisotopic (exact) mass is 225 g/mol. The molecule has 0 saturated carbocycles. The number of hydrogen-bond acceptors (Lipinski definition) is 5. The van der Waals surface area contributed by atoms with E-state index in [9.17, 15) is 0 Å². The number of rotatable bonds is 0. The quantitative estimate of drug-likeness (QED) is 0.439. The van der Waals surface area contributed by atoms with Crippen LogP contribution in [0, 0.1) is 6.92 Å². The van der Waals surface area contributed by atoms with Crippen molar-refractivity contribution in [2.45, 2.75) is 6.92 Å². The molecule has 0 amide bonds. The van der Waals surface area contributed by atoms with E-state index in [0.717, 1.165) is 16.9 Å². The zero-order valence-electron chi connectivity index (χ0n) is 8.94. The standard InChI is InChI=1S/C10H7N7/c1-6-11-12-9-10-13-14-15-17(10)8-5-3-2-4-7(8)16(6)9/h2-5H,1H3. The molecular weight excluding hydrogens is 218 g/mol.